The molecule has 0 fully saturated rings. The summed E-state index contributed by atoms with van der Waals surface area (Å²) in [6.45, 7) is 1.73. The molecule has 8 heavy (non-hydrogen) atoms. The van der Waals surface area contributed by atoms with Crippen molar-refractivity contribution in [3.8, 4) is 0 Å². The summed E-state index contributed by atoms with van der Waals surface area (Å²) in [6.07, 6.45) is 0. The molecule has 0 aliphatic rings. The highest BCUT2D eigenvalue weighted by Crippen LogP contribution is 1.86. The van der Waals surface area contributed by atoms with Crippen molar-refractivity contribution < 1.29 is 25.4 Å². The van der Waals surface area contributed by atoms with Crippen molar-refractivity contribution in [3.63, 3.8) is 0 Å². The highest BCUT2D eigenvalue weighted by atomic mass is 79.9. The van der Waals surface area contributed by atoms with Gasteiger partial charge < -0.3 is 17.0 Å². The van der Waals surface area contributed by atoms with Crippen molar-refractivity contribution in [3.05, 3.63) is 0 Å². The van der Waals surface area contributed by atoms with Crippen LogP contribution in [-0.2, 0) is 24.1 Å². The van der Waals surface area contributed by atoms with E-state index in [-0.39, 0.29) is 17.0 Å². The van der Waals surface area contributed by atoms with E-state index >= 15 is 0 Å². The Kier molecular flexibility index (Phi) is 6.76. The van der Waals surface area contributed by atoms with Gasteiger partial charge in [0.1, 0.15) is 8.77 Å². The van der Waals surface area contributed by atoms with Gasteiger partial charge in [-0.15, -0.1) is 0 Å². The first-order valence-electron chi connectivity index (χ1n) is 1.90. The third kappa shape index (κ3) is 4.96. The van der Waals surface area contributed by atoms with Crippen molar-refractivity contribution in [2.24, 2.45) is 0 Å². The van der Waals surface area contributed by atoms with E-state index in [0.717, 1.165) is 0 Å². The van der Waals surface area contributed by atoms with Gasteiger partial charge in [-0.25, -0.2) is 4.21 Å². The molecule has 0 aliphatic carbocycles. The highest BCUT2D eigenvalue weighted by molar-refractivity contribution is 8.30. The molecule has 0 aromatic rings. The largest absolute Gasteiger partial charge is 1.00 e. The van der Waals surface area contributed by atoms with Gasteiger partial charge in [-0.1, -0.05) is 6.92 Å². The molecule has 0 spiro atoms. The van der Waals surface area contributed by atoms with Crippen molar-refractivity contribution in [2.75, 3.05) is 12.9 Å². The van der Waals surface area contributed by atoms with Crippen molar-refractivity contribution in [1.82, 2.24) is 0 Å². The summed E-state index contributed by atoms with van der Waals surface area (Å²) in [5, 5.41) is 0. The highest BCUT2D eigenvalue weighted by Gasteiger charge is 1.94. The molecule has 0 saturated carbocycles. The normalized spacial score (nSPS) is 16.2. The first-order valence-corrected chi connectivity index (χ1v) is 4.48. The summed E-state index contributed by atoms with van der Waals surface area (Å²) in [6, 6.07) is 0. The Labute approximate surface area is 65.3 Å². The third-order valence-corrected chi connectivity index (χ3v) is 2.94. The van der Waals surface area contributed by atoms with Crippen LogP contribution in [0.1, 0.15) is 6.92 Å². The lowest BCUT2D eigenvalue weighted by atomic mass is 11.0. The monoisotopic (exact) mass is 219 g/mol. The van der Waals surface area contributed by atoms with Crippen LogP contribution in [0, 0.1) is 0 Å². The Balaban J connectivity index is 0. The summed E-state index contributed by atoms with van der Waals surface area (Å²) in [7, 11) is -0.964. The maximum atomic E-state index is 10.5. The van der Waals surface area contributed by atoms with Crippen LogP contribution in [0.25, 0.3) is 0 Å². The third-order valence-electron chi connectivity index (χ3n) is 0.607. The lowest BCUT2D eigenvalue weighted by molar-refractivity contribution is -0.00000316. The molecule has 0 aromatic heterocycles. The van der Waals surface area contributed by atoms with E-state index in [4.69, 9.17) is 0 Å². The molecule has 0 amide bonds. The van der Waals surface area contributed by atoms with Crippen LogP contribution in [0.15, 0.2) is 0 Å². The maximum absolute atomic E-state index is 10.5. The first kappa shape index (κ1) is 11.6. The zero-order valence-electron chi connectivity index (χ0n) is 4.72. The summed E-state index contributed by atoms with van der Waals surface area (Å²) in [5.74, 6) is 0.416. The van der Waals surface area contributed by atoms with Crippen LogP contribution in [0.3, 0.4) is 0 Å². The fourth-order valence-electron chi connectivity index (χ4n) is 0.118. The summed E-state index contributed by atoms with van der Waals surface area (Å²) in [4.78, 5) is 0. The van der Waals surface area contributed by atoms with Gasteiger partial charge in [-0.05, 0) is 0 Å². The van der Waals surface area contributed by atoms with Crippen LogP contribution < -0.4 is 17.0 Å². The quantitative estimate of drug-likeness (QED) is 0.507. The second-order valence-corrected chi connectivity index (χ2v) is 4.56. The smallest absolute Gasteiger partial charge is 0.143 e. The van der Waals surface area contributed by atoms with Crippen LogP contribution in [0.5, 0.6) is 0 Å². The summed E-state index contributed by atoms with van der Waals surface area (Å²) < 4.78 is 14.9. The van der Waals surface area contributed by atoms with Crippen molar-refractivity contribution in [1.29, 1.82) is 0 Å². The van der Waals surface area contributed by atoms with Gasteiger partial charge in [0.05, 0.1) is 7.11 Å². The standard InChI is InChI=1S/C3H8O2S2.BrH/c1-3-7(4,6)5-2;/h3H2,1-2H3;1H/p-1. The number of hydrogen-bond acceptors (Lipinski definition) is 3. The molecule has 0 bridgehead atoms. The van der Waals surface area contributed by atoms with Gasteiger partial charge in [-0.2, -0.15) is 0 Å². The van der Waals surface area contributed by atoms with Gasteiger partial charge in [0, 0.05) is 16.9 Å². The maximum Gasteiger partial charge on any atom is 0.143 e. The Morgan fingerprint density at radius 2 is 2.12 bits per heavy atom. The molecule has 0 rings (SSSR count). The lowest BCUT2D eigenvalue weighted by Gasteiger charge is -1.95. The molecule has 0 radical (unpaired) electrons. The van der Waals surface area contributed by atoms with E-state index in [1.165, 1.54) is 7.11 Å². The fraction of sp³-hybridized carbons (Fsp3) is 1.00. The van der Waals surface area contributed by atoms with Crippen LogP contribution in [0.2, 0.25) is 0 Å². The predicted molar refractivity (Wildman–Crippen MR) is 33.1 cm³/mol. The Bertz CT molecular complexity index is 118. The minimum absolute atomic E-state index is 0. The van der Waals surface area contributed by atoms with E-state index in [9.17, 15) is 4.21 Å². The fourth-order valence-corrected chi connectivity index (χ4v) is 0.354. The van der Waals surface area contributed by atoms with Gasteiger partial charge in [0.25, 0.3) is 0 Å². The second-order valence-electron chi connectivity index (χ2n) is 1.01. The molecule has 5 heteroatoms. The molecule has 1 unspecified atom stereocenters. The Morgan fingerprint density at radius 3 is 2.12 bits per heavy atom. The molecular weight excluding hydrogens is 212 g/mol. The van der Waals surface area contributed by atoms with Gasteiger partial charge in [0.2, 0.25) is 0 Å². The molecule has 52 valence electrons. The van der Waals surface area contributed by atoms with Gasteiger partial charge in [-0.3, -0.25) is 4.18 Å². The molecule has 0 saturated heterocycles. The lowest BCUT2D eigenvalue weighted by Crippen LogP contribution is -3.00. The predicted octanol–water partition coefficient (Wildman–Crippen LogP) is -2.68. The van der Waals surface area contributed by atoms with E-state index in [1.807, 2.05) is 0 Å². The van der Waals surface area contributed by atoms with Gasteiger partial charge in [0.15, 0.2) is 0 Å². The molecule has 2 nitrogen and oxygen atoms in total. The molecule has 0 N–H and O–H groups in total. The minimum Gasteiger partial charge on any atom is -1.00 e. The van der Waals surface area contributed by atoms with Crippen molar-refractivity contribution >= 4 is 20.0 Å². The van der Waals surface area contributed by atoms with Crippen molar-refractivity contribution in [2.45, 2.75) is 6.92 Å². The zero-order chi connectivity index (χ0) is 5.91. The Morgan fingerprint density at radius 1 is 1.75 bits per heavy atom. The molecule has 1 atom stereocenters. The average molecular weight is 220 g/mol. The van der Waals surface area contributed by atoms with E-state index in [0.29, 0.717) is 5.75 Å². The van der Waals surface area contributed by atoms with Crippen LogP contribution >= 0.6 is 0 Å². The topological polar surface area (TPSA) is 26.3 Å². The SMILES string of the molecule is CCS(=O)(=S)OC.[Br-]. The van der Waals surface area contributed by atoms with Crippen LogP contribution in [-0.4, -0.2) is 17.1 Å². The van der Waals surface area contributed by atoms with E-state index in [2.05, 4.69) is 15.4 Å². The zero-order valence-corrected chi connectivity index (χ0v) is 7.94. The molecule has 0 aromatic carbocycles. The second kappa shape index (κ2) is 4.67. The number of hydrogen-bond donors (Lipinski definition) is 0. The molecule has 0 heterocycles. The average Bonchev–Trinajstić information content (AvgIpc) is 1.68. The first-order chi connectivity index (χ1) is 3.12. The molecule has 0 aliphatic heterocycles. The summed E-state index contributed by atoms with van der Waals surface area (Å²) >= 11 is 4.45. The van der Waals surface area contributed by atoms with Gasteiger partial charge >= 0.3 is 0 Å². The molecular formula is C3H8BrO2S2-. The van der Waals surface area contributed by atoms with Crippen LogP contribution in [0.4, 0.5) is 0 Å². The Hall–Kier alpha value is 0.810. The van der Waals surface area contributed by atoms with E-state index in [1.54, 1.807) is 6.92 Å². The number of rotatable bonds is 2. The summed E-state index contributed by atoms with van der Waals surface area (Å²) in [5.41, 5.74) is 0. The van der Waals surface area contributed by atoms with E-state index < -0.39 is 8.77 Å². The number of halogens is 1. The minimum atomic E-state index is -2.32.